The summed E-state index contributed by atoms with van der Waals surface area (Å²) in [6.07, 6.45) is 0. The zero-order valence-corrected chi connectivity index (χ0v) is 13.9. The van der Waals surface area contributed by atoms with Crippen molar-refractivity contribution in [2.24, 2.45) is 5.73 Å². The number of nitrogens with two attached hydrogens (primary N) is 1. The average Bonchev–Trinajstić information content (AvgIpc) is 2.53. The van der Waals surface area contributed by atoms with Gasteiger partial charge in [0.2, 0.25) is 11.8 Å². The molecule has 0 radical (unpaired) electrons. The van der Waals surface area contributed by atoms with Crippen molar-refractivity contribution in [3.8, 4) is 5.75 Å². The van der Waals surface area contributed by atoms with E-state index in [0.717, 1.165) is 10.6 Å². The summed E-state index contributed by atoms with van der Waals surface area (Å²) in [5, 5.41) is 2.93. The van der Waals surface area contributed by atoms with Crippen molar-refractivity contribution >= 4 is 40.9 Å². The first-order valence-corrected chi connectivity index (χ1v) is 8.02. The Morgan fingerprint density at radius 2 is 1.91 bits per heavy atom. The van der Waals surface area contributed by atoms with Crippen LogP contribution in [-0.4, -0.2) is 24.7 Å². The molecule has 0 saturated heterocycles. The van der Waals surface area contributed by atoms with Gasteiger partial charge in [0.05, 0.1) is 23.4 Å². The van der Waals surface area contributed by atoms with Gasteiger partial charge in [0, 0.05) is 10.6 Å². The van der Waals surface area contributed by atoms with Crippen LogP contribution in [0.2, 0.25) is 5.02 Å². The molecule has 0 unspecified atom stereocenters. The summed E-state index contributed by atoms with van der Waals surface area (Å²) in [6, 6.07) is 12.0. The van der Waals surface area contributed by atoms with Crippen molar-refractivity contribution < 1.29 is 14.3 Å². The SMILES string of the molecule is COc1ccc(SCC(=O)Nc2ccc(C(N)=O)c(Cl)c2)cc1. The third-order valence-electron chi connectivity index (χ3n) is 2.95. The number of primary amides is 1. The largest absolute Gasteiger partial charge is 0.497 e. The first kappa shape index (κ1) is 17.2. The van der Waals surface area contributed by atoms with E-state index in [0.29, 0.717) is 5.69 Å². The summed E-state index contributed by atoms with van der Waals surface area (Å²) >= 11 is 7.34. The van der Waals surface area contributed by atoms with E-state index in [2.05, 4.69) is 5.32 Å². The van der Waals surface area contributed by atoms with E-state index < -0.39 is 5.91 Å². The molecule has 5 nitrogen and oxygen atoms in total. The summed E-state index contributed by atoms with van der Waals surface area (Å²) in [5.41, 5.74) is 5.91. The molecule has 0 aliphatic rings. The molecule has 0 aromatic heterocycles. The highest BCUT2D eigenvalue weighted by Gasteiger charge is 2.09. The second-order valence-corrected chi connectivity index (χ2v) is 6.03. The summed E-state index contributed by atoms with van der Waals surface area (Å²) in [5.74, 6) is 0.237. The molecule has 2 amide bonds. The lowest BCUT2D eigenvalue weighted by molar-refractivity contribution is -0.113. The Morgan fingerprint density at radius 1 is 1.22 bits per heavy atom. The van der Waals surface area contributed by atoms with Crippen LogP contribution in [0.3, 0.4) is 0 Å². The molecule has 0 heterocycles. The number of halogens is 1. The maximum atomic E-state index is 11.9. The van der Waals surface area contributed by atoms with Crippen LogP contribution in [0.4, 0.5) is 5.69 Å². The van der Waals surface area contributed by atoms with Gasteiger partial charge in [-0.15, -0.1) is 11.8 Å². The number of nitrogens with one attached hydrogen (secondary N) is 1. The monoisotopic (exact) mass is 350 g/mol. The Morgan fingerprint density at radius 3 is 2.48 bits per heavy atom. The fraction of sp³-hybridized carbons (Fsp3) is 0.125. The first-order valence-electron chi connectivity index (χ1n) is 6.65. The van der Waals surface area contributed by atoms with Gasteiger partial charge in [-0.2, -0.15) is 0 Å². The molecule has 2 aromatic carbocycles. The number of carbonyl (C=O) groups excluding carboxylic acids is 2. The molecule has 0 bridgehead atoms. The van der Waals surface area contributed by atoms with Crippen molar-refractivity contribution in [2.75, 3.05) is 18.2 Å². The molecule has 0 aliphatic heterocycles. The second-order valence-electron chi connectivity index (χ2n) is 4.57. The number of anilines is 1. The van der Waals surface area contributed by atoms with E-state index in [4.69, 9.17) is 22.1 Å². The van der Waals surface area contributed by atoms with E-state index in [-0.39, 0.29) is 22.2 Å². The topological polar surface area (TPSA) is 81.4 Å². The number of benzene rings is 2. The second kappa shape index (κ2) is 7.89. The number of amides is 2. The van der Waals surface area contributed by atoms with Crippen molar-refractivity contribution in [2.45, 2.75) is 4.90 Å². The lowest BCUT2D eigenvalue weighted by Crippen LogP contribution is -2.15. The van der Waals surface area contributed by atoms with Crippen LogP contribution in [-0.2, 0) is 4.79 Å². The van der Waals surface area contributed by atoms with E-state index in [9.17, 15) is 9.59 Å². The Hall–Kier alpha value is -2.18. The number of thioether (sulfide) groups is 1. The van der Waals surface area contributed by atoms with Crippen LogP contribution >= 0.6 is 23.4 Å². The maximum absolute atomic E-state index is 11.9. The zero-order valence-electron chi connectivity index (χ0n) is 12.3. The van der Waals surface area contributed by atoms with Crippen LogP contribution in [0.25, 0.3) is 0 Å². The van der Waals surface area contributed by atoms with Crippen LogP contribution in [0.15, 0.2) is 47.4 Å². The minimum atomic E-state index is -0.608. The van der Waals surface area contributed by atoms with Gasteiger partial charge in [-0.25, -0.2) is 0 Å². The van der Waals surface area contributed by atoms with Gasteiger partial charge in [0.25, 0.3) is 0 Å². The average molecular weight is 351 g/mol. The number of carbonyl (C=O) groups is 2. The van der Waals surface area contributed by atoms with Crippen LogP contribution in [0, 0.1) is 0 Å². The molecule has 7 heteroatoms. The third-order valence-corrected chi connectivity index (χ3v) is 4.27. The predicted octanol–water partition coefficient (Wildman–Crippen LogP) is 3.18. The summed E-state index contributed by atoms with van der Waals surface area (Å²) in [7, 11) is 1.60. The van der Waals surface area contributed by atoms with E-state index >= 15 is 0 Å². The van der Waals surface area contributed by atoms with Crippen LogP contribution < -0.4 is 15.8 Å². The minimum Gasteiger partial charge on any atom is -0.497 e. The zero-order chi connectivity index (χ0) is 16.8. The van der Waals surface area contributed by atoms with Gasteiger partial charge >= 0.3 is 0 Å². The third kappa shape index (κ3) is 4.91. The summed E-state index contributed by atoms with van der Waals surface area (Å²) < 4.78 is 5.08. The standard InChI is InChI=1S/C16H15ClN2O3S/c1-22-11-3-5-12(6-4-11)23-9-15(20)19-10-2-7-13(16(18)21)14(17)8-10/h2-8H,9H2,1H3,(H2,18,21)(H,19,20). The number of methoxy groups -OCH3 is 1. The molecule has 0 atom stereocenters. The molecule has 0 spiro atoms. The Bertz CT molecular complexity index is 720. The fourth-order valence-corrected chi connectivity index (χ4v) is 2.78. The minimum absolute atomic E-state index is 0.172. The lowest BCUT2D eigenvalue weighted by Gasteiger charge is -2.07. The molecular formula is C16H15ClN2O3S. The molecule has 23 heavy (non-hydrogen) atoms. The predicted molar refractivity (Wildman–Crippen MR) is 92.3 cm³/mol. The Labute approximate surface area is 143 Å². The quantitative estimate of drug-likeness (QED) is 0.784. The van der Waals surface area contributed by atoms with Gasteiger partial charge in [0.15, 0.2) is 0 Å². The summed E-state index contributed by atoms with van der Waals surface area (Å²) in [6.45, 7) is 0. The first-order chi connectivity index (χ1) is 11.0. The molecule has 2 aromatic rings. The number of hydrogen-bond acceptors (Lipinski definition) is 4. The lowest BCUT2D eigenvalue weighted by atomic mass is 10.2. The highest BCUT2D eigenvalue weighted by atomic mass is 35.5. The van der Waals surface area contributed by atoms with Gasteiger partial charge in [-0.1, -0.05) is 11.6 Å². The maximum Gasteiger partial charge on any atom is 0.250 e. The summed E-state index contributed by atoms with van der Waals surface area (Å²) in [4.78, 5) is 24.0. The molecule has 0 saturated carbocycles. The van der Waals surface area contributed by atoms with Crippen molar-refractivity contribution in [1.29, 1.82) is 0 Å². The van der Waals surface area contributed by atoms with E-state index in [1.54, 1.807) is 13.2 Å². The molecule has 3 N–H and O–H groups in total. The van der Waals surface area contributed by atoms with E-state index in [1.165, 1.54) is 23.9 Å². The van der Waals surface area contributed by atoms with Crippen molar-refractivity contribution in [3.63, 3.8) is 0 Å². The highest BCUT2D eigenvalue weighted by Crippen LogP contribution is 2.23. The van der Waals surface area contributed by atoms with E-state index in [1.807, 2.05) is 24.3 Å². The molecule has 120 valence electrons. The smallest absolute Gasteiger partial charge is 0.250 e. The van der Waals surface area contributed by atoms with Gasteiger partial charge < -0.3 is 15.8 Å². The normalized spacial score (nSPS) is 10.2. The fourth-order valence-electron chi connectivity index (χ4n) is 1.81. The molecule has 0 fully saturated rings. The van der Waals surface area contributed by atoms with Gasteiger partial charge in [0.1, 0.15) is 5.75 Å². The number of ether oxygens (including phenoxy) is 1. The van der Waals surface area contributed by atoms with Crippen LogP contribution in [0.5, 0.6) is 5.75 Å². The van der Waals surface area contributed by atoms with Crippen molar-refractivity contribution in [3.05, 3.63) is 53.1 Å². The molecule has 0 aliphatic carbocycles. The highest BCUT2D eigenvalue weighted by molar-refractivity contribution is 8.00. The number of hydrogen-bond donors (Lipinski definition) is 2. The van der Waals surface area contributed by atoms with Gasteiger partial charge in [-0.05, 0) is 42.5 Å². The van der Waals surface area contributed by atoms with Crippen molar-refractivity contribution in [1.82, 2.24) is 0 Å². The molecule has 2 rings (SSSR count). The Balaban J connectivity index is 1.91. The van der Waals surface area contributed by atoms with Crippen LogP contribution in [0.1, 0.15) is 10.4 Å². The Kier molecular flexibility index (Phi) is 5.90. The number of rotatable bonds is 6. The molecular weight excluding hydrogens is 336 g/mol. The van der Waals surface area contributed by atoms with Gasteiger partial charge in [-0.3, -0.25) is 9.59 Å².